The van der Waals surface area contributed by atoms with Gasteiger partial charge >= 0.3 is 5.97 Å². The number of sulfone groups is 1. The summed E-state index contributed by atoms with van der Waals surface area (Å²) in [5.74, 6) is -1.04. The maximum atomic E-state index is 12.2. The second-order valence-electron chi connectivity index (χ2n) is 6.38. The van der Waals surface area contributed by atoms with Crippen molar-refractivity contribution in [3.8, 4) is 22.8 Å². The number of carbonyl (C=O) groups is 1. The summed E-state index contributed by atoms with van der Waals surface area (Å²) in [5.41, 5.74) is 2.03. The second-order valence-corrected chi connectivity index (χ2v) is 8.88. The maximum absolute atomic E-state index is 12.2. The average molecular weight is 406 g/mol. The molecule has 2 heterocycles. The van der Waals surface area contributed by atoms with E-state index in [1.54, 1.807) is 39.1 Å². The highest BCUT2D eigenvalue weighted by atomic mass is 32.2. The fraction of sp³-hybridized carbons (Fsp3) is 0.278. The third-order valence-corrected chi connectivity index (χ3v) is 6.20. The van der Waals surface area contributed by atoms with Crippen LogP contribution in [0.3, 0.4) is 0 Å². The topological polar surface area (TPSA) is 136 Å². The molecule has 0 aliphatic rings. The summed E-state index contributed by atoms with van der Waals surface area (Å²) in [6.07, 6.45) is 1.17. The Morgan fingerprint density at radius 2 is 1.89 bits per heavy atom. The van der Waals surface area contributed by atoms with Crippen molar-refractivity contribution in [3.05, 3.63) is 42.0 Å². The molecular weight excluding hydrogens is 384 g/mol. The van der Waals surface area contributed by atoms with Crippen molar-refractivity contribution in [2.75, 3.05) is 0 Å². The predicted octanol–water partition coefficient (Wildman–Crippen LogP) is 2.80. The normalized spacial score (nSPS) is 11.7. The van der Waals surface area contributed by atoms with Crippen LogP contribution in [0.2, 0.25) is 0 Å². The largest absolute Gasteiger partial charge is 0.481 e. The van der Waals surface area contributed by atoms with E-state index in [1.807, 2.05) is 0 Å². The fourth-order valence-corrected chi connectivity index (χ4v) is 3.49. The molecule has 0 fully saturated rings. The van der Waals surface area contributed by atoms with Crippen LogP contribution in [0.4, 0.5) is 0 Å². The van der Waals surface area contributed by atoms with Crippen LogP contribution in [0.1, 0.15) is 28.3 Å². The van der Waals surface area contributed by atoms with Crippen molar-refractivity contribution < 1.29 is 25.6 Å². The lowest BCUT2D eigenvalue weighted by Crippen LogP contribution is -2.13. The van der Waals surface area contributed by atoms with E-state index in [1.165, 1.54) is 12.1 Å². The molecule has 1 N–H and O–H groups in total. The van der Waals surface area contributed by atoms with Crippen molar-refractivity contribution in [2.45, 2.75) is 37.3 Å². The molecule has 0 aliphatic heterocycles. The standard InChI is InChI=1S/C18H18N4O5S.2H2/c1-10(2)28(25,26)13-6-4-12(5-7-13)14-9-19-11(3)17(20-14)18-22-21-15(27-18)8-16(23)24;;/h4-7,9-10H,8H2,1-3H3,(H,23,24);2*1H. The van der Waals surface area contributed by atoms with Crippen LogP contribution < -0.4 is 0 Å². The van der Waals surface area contributed by atoms with Gasteiger partial charge in [0.05, 0.1) is 27.7 Å². The zero-order chi connectivity index (χ0) is 20.5. The molecule has 0 spiro atoms. The molecule has 0 bridgehead atoms. The minimum Gasteiger partial charge on any atom is -0.481 e. The number of hydrogen-bond acceptors (Lipinski definition) is 8. The Labute approximate surface area is 164 Å². The van der Waals surface area contributed by atoms with E-state index in [-0.39, 0.29) is 26.0 Å². The van der Waals surface area contributed by atoms with E-state index in [9.17, 15) is 13.2 Å². The van der Waals surface area contributed by atoms with Gasteiger partial charge in [-0.05, 0) is 32.9 Å². The lowest BCUT2D eigenvalue weighted by molar-refractivity contribution is -0.136. The molecule has 150 valence electrons. The first-order valence-electron chi connectivity index (χ1n) is 8.41. The van der Waals surface area contributed by atoms with Gasteiger partial charge in [0.1, 0.15) is 12.1 Å². The van der Waals surface area contributed by atoms with E-state index in [2.05, 4.69) is 20.2 Å². The Bertz CT molecular complexity index is 1130. The SMILES string of the molecule is Cc1ncc(-c2ccc(S(=O)(=O)C(C)C)cc2)nc1-c1nnc(CC(=O)O)o1.[HH].[HH]. The number of hydrogen-bond donors (Lipinski definition) is 1. The Hall–Kier alpha value is -3.14. The van der Waals surface area contributed by atoms with Crippen molar-refractivity contribution in [3.63, 3.8) is 0 Å². The third kappa shape index (κ3) is 3.91. The summed E-state index contributed by atoms with van der Waals surface area (Å²) in [7, 11) is -3.36. The van der Waals surface area contributed by atoms with E-state index in [0.29, 0.717) is 22.6 Å². The Morgan fingerprint density at radius 1 is 1.21 bits per heavy atom. The third-order valence-electron chi connectivity index (χ3n) is 4.03. The maximum Gasteiger partial charge on any atom is 0.312 e. The van der Waals surface area contributed by atoms with Crippen LogP contribution in [0.5, 0.6) is 0 Å². The average Bonchev–Trinajstić information content (AvgIpc) is 3.09. The van der Waals surface area contributed by atoms with Gasteiger partial charge in [0.15, 0.2) is 9.84 Å². The molecule has 28 heavy (non-hydrogen) atoms. The Morgan fingerprint density at radius 3 is 2.50 bits per heavy atom. The molecule has 0 saturated carbocycles. The molecule has 10 heteroatoms. The summed E-state index contributed by atoms with van der Waals surface area (Å²) in [6.45, 7) is 4.97. The smallest absolute Gasteiger partial charge is 0.312 e. The molecule has 2 aromatic heterocycles. The van der Waals surface area contributed by atoms with Crippen molar-refractivity contribution in [1.82, 2.24) is 20.2 Å². The van der Waals surface area contributed by atoms with E-state index in [4.69, 9.17) is 9.52 Å². The van der Waals surface area contributed by atoms with Crippen LogP contribution >= 0.6 is 0 Å². The number of rotatable bonds is 6. The number of nitrogens with zero attached hydrogens (tertiary/aromatic N) is 4. The summed E-state index contributed by atoms with van der Waals surface area (Å²) in [5, 5.41) is 15.8. The summed E-state index contributed by atoms with van der Waals surface area (Å²) >= 11 is 0. The second kappa shape index (κ2) is 7.47. The van der Waals surface area contributed by atoms with Crippen LogP contribution in [0, 0.1) is 6.92 Å². The van der Waals surface area contributed by atoms with Gasteiger partial charge in [-0.15, -0.1) is 10.2 Å². The highest BCUT2D eigenvalue weighted by Gasteiger charge is 2.20. The van der Waals surface area contributed by atoms with Crippen LogP contribution in [-0.4, -0.2) is 44.9 Å². The Kier molecular flexibility index (Phi) is 5.23. The van der Waals surface area contributed by atoms with Crippen molar-refractivity contribution >= 4 is 15.8 Å². The van der Waals surface area contributed by atoms with Crippen LogP contribution in [0.15, 0.2) is 39.8 Å². The molecule has 0 saturated heterocycles. The lowest BCUT2D eigenvalue weighted by atomic mass is 10.1. The van der Waals surface area contributed by atoms with Gasteiger partial charge in [-0.3, -0.25) is 9.78 Å². The number of aliphatic carboxylic acids is 1. The van der Waals surface area contributed by atoms with E-state index in [0.717, 1.165) is 0 Å². The summed E-state index contributed by atoms with van der Waals surface area (Å²) in [6, 6.07) is 6.37. The van der Waals surface area contributed by atoms with Crippen LogP contribution in [0.25, 0.3) is 22.8 Å². The molecule has 1 aromatic carbocycles. The first kappa shape index (κ1) is 19.6. The van der Waals surface area contributed by atoms with Gasteiger partial charge in [0.25, 0.3) is 5.89 Å². The zero-order valence-electron chi connectivity index (χ0n) is 15.4. The number of benzene rings is 1. The molecule has 0 amide bonds. The van der Waals surface area contributed by atoms with E-state index < -0.39 is 21.1 Å². The van der Waals surface area contributed by atoms with E-state index >= 15 is 0 Å². The molecular formula is C18H22N4O5S. The van der Waals surface area contributed by atoms with Crippen molar-refractivity contribution in [2.24, 2.45) is 0 Å². The fourth-order valence-electron chi connectivity index (χ4n) is 2.43. The quantitative estimate of drug-likeness (QED) is 0.655. The zero-order valence-corrected chi connectivity index (χ0v) is 16.3. The summed E-state index contributed by atoms with van der Waals surface area (Å²) < 4.78 is 29.8. The van der Waals surface area contributed by atoms with Gasteiger partial charge in [-0.25, -0.2) is 13.4 Å². The Balaban J connectivity index is 0.00000225. The molecule has 0 atom stereocenters. The molecule has 3 rings (SSSR count). The molecule has 0 unspecified atom stereocenters. The van der Waals surface area contributed by atoms with Gasteiger partial charge in [0.2, 0.25) is 5.89 Å². The highest BCUT2D eigenvalue weighted by Crippen LogP contribution is 2.25. The van der Waals surface area contributed by atoms with Crippen LogP contribution in [-0.2, 0) is 21.1 Å². The first-order valence-corrected chi connectivity index (χ1v) is 9.95. The number of aryl methyl sites for hydroxylation is 1. The van der Waals surface area contributed by atoms with Crippen molar-refractivity contribution in [1.29, 1.82) is 0 Å². The summed E-state index contributed by atoms with van der Waals surface area (Å²) in [4.78, 5) is 19.8. The number of carboxylic acids is 1. The predicted molar refractivity (Wildman–Crippen MR) is 103 cm³/mol. The monoisotopic (exact) mass is 406 g/mol. The molecule has 0 aliphatic carbocycles. The minimum absolute atomic E-state index is 0. The first-order chi connectivity index (χ1) is 13.2. The number of carboxylic acid groups (broad SMARTS) is 1. The van der Waals surface area contributed by atoms with Gasteiger partial charge in [-0.2, -0.15) is 0 Å². The van der Waals surface area contributed by atoms with Gasteiger partial charge < -0.3 is 9.52 Å². The lowest BCUT2D eigenvalue weighted by Gasteiger charge is -2.09. The number of aromatic nitrogens is 4. The molecule has 9 nitrogen and oxygen atoms in total. The van der Waals surface area contributed by atoms with Gasteiger partial charge in [-0.1, -0.05) is 12.1 Å². The molecule has 0 radical (unpaired) electrons. The molecule has 3 aromatic rings. The highest BCUT2D eigenvalue weighted by molar-refractivity contribution is 7.92. The van der Waals surface area contributed by atoms with Gasteiger partial charge in [0, 0.05) is 8.42 Å². The minimum atomic E-state index is -3.36.